The smallest absolute Gasteiger partial charge is 0.253 e. The summed E-state index contributed by atoms with van der Waals surface area (Å²) < 4.78 is 0. The maximum absolute atomic E-state index is 12.7. The van der Waals surface area contributed by atoms with Crippen molar-refractivity contribution in [2.75, 3.05) is 13.6 Å². The second kappa shape index (κ2) is 6.97. The van der Waals surface area contributed by atoms with E-state index in [9.17, 15) is 4.79 Å². The van der Waals surface area contributed by atoms with Crippen molar-refractivity contribution < 1.29 is 4.79 Å². The van der Waals surface area contributed by atoms with Crippen molar-refractivity contribution in [3.8, 4) is 0 Å². The summed E-state index contributed by atoms with van der Waals surface area (Å²) in [5.74, 6) is 0.353. The normalized spacial score (nSPS) is 14.2. The molecule has 0 spiro atoms. The molecule has 3 aromatic rings. The Balaban J connectivity index is 1.54. The van der Waals surface area contributed by atoms with Crippen LogP contribution in [0.3, 0.4) is 0 Å². The van der Waals surface area contributed by atoms with Crippen LogP contribution in [0.5, 0.6) is 0 Å². The zero-order valence-electron chi connectivity index (χ0n) is 14.4. The minimum atomic E-state index is -0.255. The van der Waals surface area contributed by atoms with Crippen LogP contribution in [0.25, 0.3) is 10.9 Å². The van der Waals surface area contributed by atoms with Crippen molar-refractivity contribution in [2.45, 2.75) is 19.5 Å². The van der Waals surface area contributed by atoms with Gasteiger partial charge >= 0.3 is 0 Å². The van der Waals surface area contributed by atoms with E-state index in [1.807, 2.05) is 12.3 Å². The number of hydrogen-bond donors (Lipinski definition) is 1. The number of fused-ring (bicyclic) bond motifs is 2. The highest BCUT2D eigenvalue weighted by Gasteiger charge is 2.17. The zero-order valence-corrected chi connectivity index (χ0v) is 15.1. The van der Waals surface area contributed by atoms with Gasteiger partial charge in [0, 0.05) is 48.5 Å². The molecule has 0 bridgehead atoms. The van der Waals surface area contributed by atoms with Gasteiger partial charge in [-0.05, 0) is 25.2 Å². The molecule has 0 unspecified atom stereocenters. The first-order chi connectivity index (χ1) is 12.6. The van der Waals surface area contributed by atoms with Gasteiger partial charge in [-0.1, -0.05) is 17.7 Å². The van der Waals surface area contributed by atoms with E-state index >= 15 is 0 Å². The van der Waals surface area contributed by atoms with Crippen LogP contribution in [0.15, 0.2) is 36.7 Å². The van der Waals surface area contributed by atoms with Crippen molar-refractivity contribution in [1.29, 1.82) is 0 Å². The minimum Gasteiger partial charge on any atom is -0.345 e. The number of likely N-dealkylation sites (N-methyl/N-ethyl adjacent to an activating group) is 1. The Morgan fingerprint density at radius 1 is 1.31 bits per heavy atom. The van der Waals surface area contributed by atoms with Gasteiger partial charge in [-0.25, -0.2) is 9.97 Å². The van der Waals surface area contributed by atoms with Gasteiger partial charge in [-0.15, -0.1) is 0 Å². The van der Waals surface area contributed by atoms with Gasteiger partial charge in [-0.2, -0.15) is 0 Å². The Labute approximate surface area is 156 Å². The third-order valence-corrected chi connectivity index (χ3v) is 4.86. The summed E-state index contributed by atoms with van der Waals surface area (Å²) >= 11 is 6.26. The number of halogens is 1. The van der Waals surface area contributed by atoms with Crippen molar-refractivity contribution in [2.24, 2.45) is 0 Å². The summed E-state index contributed by atoms with van der Waals surface area (Å²) in [6.07, 6.45) is 4.45. The number of nitrogens with zero attached hydrogens (tertiary/aromatic N) is 4. The number of carbonyl (C=O) groups is 1. The number of benzene rings is 1. The molecular weight excluding hydrogens is 350 g/mol. The van der Waals surface area contributed by atoms with Gasteiger partial charge < -0.3 is 10.2 Å². The summed E-state index contributed by atoms with van der Waals surface area (Å²) in [5, 5.41) is 4.01. The molecule has 0 saturated heterocycles. The molecule has 0 aliphatic carbocycles. The molecular formula is C19H18ClN5O. The van der Waals surface area contributed by atoms with Gasteiger partial charge in [0.15, 0.2) is 0 Å². The molecule has 1 aromatic carbocycles. The second-order valence-corrected chi connectivity index (χ2v) is 6.83. The van der Waals surface area contributed by atoms with Crippen molar-refractivity contribution in [1.82, 2.24) is 25.2 Å². The predicted molar refractivity (Wildman–Crippen MR) is 100.0 cm³/mol. The Morgan fingerprint density at radius 3 is 3.08 bits per heavy atom. The number of amides is 1. The number of pyridine rings is 1. The SMILES string of the molecule is CN1CCc2nc(CNC(=O)c3c(Cl)ccc4ncccc34)ncc2C1. The highest BCUT2D eigenvalue weighted by molar-refractivity contribution is 6.35. The monoisotopic (exact) mass is 367 g/mol. The molecule has 0 saturated carbocycles. The maximum atomic E-state index is 12.7. The fraction of sp³-hybridized carbons (Fsp3) is 0.263. The van der Waals surface area contributed by atoms with E-state index in [0.29, 0.717) is 16.4 Å². The lowest BCUT2D eigenvalue weighted by Crippen LogP contribution is -2.29. The summed E-state index contributed by atoms with van der Waals surface area (Å²) in [5.41, 5.74) is 3.37. The fourth-order valence-electron chi connectivity index (χ4n) is 3.19. The van der Waals surface area contributed by atoms with Gasteiger partial charge in [0.2, 0.25) is 0 Å². The zero-order chi connectivity index (χ0) is 18.1. The van der Waals surface area contributed by atoms with E-state index in [-0.39, 0.29) is 12.5 Å². The van der Waals surface area contributed by atoms with Crippen LogP contribution in [-0.2, 0) is 19.5 Å². The van der Waals surface area contributed by atoms with E-state index < -0.39 is 0 Å². The van der Waals surface area contributed by atoms with Crippen LogP contribution in [-0.4, -0.2) is 39.4 Å². The van der Waals surface area contributed by atoms with Crippen molar-refractivity contribution in [3.05, 3.63) is 64.3 Å². The summed E-state index contributed by atoms with van der Waals surface area (Å²) in [6.45, 7) is 2.10. The minimum absolute atomic E-state index is 0.255. The summed E-state index contributed by atoms with van der Waals surface area (Å²) in [7, 11) is 2.08. The lowest BCUT2D eigenvalue weighted by atomic mass is 10.1. The largest absolute Gasteiger partial charge is 0.345 e. The Bertz CT molecular complexity index is 991. The van der Waals surface area contributed by atoms with Crippen LogP contribution in [0.1, 0.15) is 27.4 Å². The number of nitrogens with one attached hydrogen (secondary N) is 1. The summed E-state index contributed by atoms with van der Waals surface area (Å²) in [6, 6.07) is 7.13. The van der Waals surface area contributed by atoms with Crippen LogP contribution in [0.4, 0.5) is 0 Å². The molecule has 3 heterocycles. The molecule has 26 heavy (non-hydrogen) atoms. The van der Waals surface area contributed by atoms with Gasteiger partial charge in [0.05, 0.1) is 22.6 Å². The Morgan fingerprint density at radius 2 is 2.19 bits per heavy atom. The molecule has 0 fully saturated rings. The molecule has 132 valence electrons. The Kier molecular flexibility index (Phi) is 4.53. The average molecular weight is 368 g/mol. The lowest BCUT2D eigenvalue weighted by Gasteiger charge is -2.23. The lowest BCUT2D eigenvalue weighted by molar-refractivity contribution is 0.0951. The third kappa shape index (κ3) is 3.25. The molecule has 2 aromatic heterocycles. The van der Waals surface area contributed by atoms with E-state index in [1.165, 1.54) is 0 Å². The first-order valence-corrected chi connectivity index (χ1v) is 8.83. The topological polar surface area (TPSA) is 71.0 Å². The average Bonchev–Trinajstić information content (AvgIpc) is 2.66. The van der Waals surface area contributed by atoms with Crippen molar-refractivity contribution in [3.63, 3.8) is 0 Å². The molecule has 0 atom stereocenters. The molecule has 6 nitrogen and oxygen atoms in total. The third-order valence-electron chi connectivity index (χ3n) is 4.54. The molecule has 1 N–H and O–H groups in total. The highest BCUT2D eigenvalue weighted by Crippen LogP contribution is 2.25. The van der Waals surface area contributed by atoms with Crippen LogP contribution >= 0.6 is 11.6 Å². The molecule has 4 rings (SSSR count). The van der Waals surface area contributed by atoms with Gasteiger partial charge in [-0.3, -0.25) is 9.78 Å². The Hall–Kier alpha value is -2.57. The van der Waals surface area contributed by atoms with Crippen molar-refractivity contribution >= 4 is 28.4 Å². The number of aromatic nitrogens is 3. The van der Waals surface area contributed by atoms with Crippen LogP contribution < -0.4 is 5.32 Å². The molecule has 7 heteroatoms. The summed E-state index contributed by atoms with van der Waals surface area (Å²) in [4.78, 5) is 28.2. The molecule has 1 aliphatic rings. The standard InChI is InChI=1S/C19H18ClN5O/c1-25-8-6-15-12(11-25)9-22-17(24-15)10-23-19(26)18-13-3-2-7-21-16(13)5-4-14(18)20/h2-5,7,9H,6,8,10-11H2,1H3,(H,23,26). The number of carbonyl (C=O) groups excluding carboxylic acids is 1. The van der Waals surface area contributed by atoms with Crippen LogP contribution in [0, 0.1) is 0 Å². The van der Waals surface area contributed by atoms with Gasteiger partial charge in [0.1, 0.15) is 5.82 Å². The molecule has 1 amide bonds. The number of hydrogen-bond acceptors (Lipinski definition) is 5. The van der Waals surface area contributed by atoms with E-state index in [4.69, 9.17) is 11.6 Å². The predicted octanol–water partition coefficient (Wildman–Crippen LogP) is 2.60. The molecule has 1 aliphatic heterocycles. The van der Waals surface area contributed by atoms with Gasteiger partial charge in [0.25, 0.3) is 5.91 Å². The first kappa shape index (κ1) is 16.9. The maximum Gasteiger partial charge on any atom is 0.253 e. The first-order valence-electron chi connectivity index (χ1n) is 8.45. The quantitative estimate of drug-likeness (QED) is 0.770. The second-order valence-electron chi connectivity index (χ2n) is 6.42. The number of rotatable bonds is 3. The fourth-order valence-corrected chi connectivity index (χ4v) is 3.44. The molecule has 0 radical (unpaired) electrons. The van der Waals surface area contributed by atoms with E-state index in [0.717, 1.165) is 41.7 Å². The highest BCUT2D eigenvalue weighted by atomic mass is 35.5. The van der Waals surface area contributed by atoms with E-state index in [2.05, 4.69) is 32.2 Å². The van der Waals surface area contributed by atoms with E-state index in [1.54, 1.807) is 24.4 Å². The van der Waals surface area contributed by atoms with Crippen LogP contribution in [0.2, 0.25) is 5.02 Å².